The van der Waals surface area contributed by atoms with Gasteiger partial charge in [0.25, 0.3) is 0 Å². The standard InChI is InChI=1S/C8H15NO2/c1-4-5-9(3)6-7-11-8(2)10/h4H,1,5-7H2,2-3H3. The highest BCUT2D eigenvalue weighted by atomic mass is 16.5. The van der Waals surface area contributed by atoms with Gasteiger partial charge in [-0.1, -0.05) is 6.08 Å². The highest BCUT2D eigenvalue weighted by molar-refractivity contribution is 5.65. The first kappa shape index (κ1) is 10.2. The van der Waals surface area contributed by atoms with Gasteiger partial charge in [-0.3, -0.25) is 9.69 Å². The first-order valence-electron chi connectivity index (χ1n) is 3.59. The zero-order chi connectivity index (χ0) is 8.69. The third-order valence-corrected chi connectivity index (χ3v) is 1.22. The van der Waals surface area contributed by atoms with Gasteiger partial charge in [-0.05, 0) is 7.05 Å². The van der Waals surface area contributed by atoms with E-state index < -0.39 is 0 Å². The minimum atomic E-state index is -0.225. The van der Waals surface area contributed by atoms with E-state index in [-0.39, 0.29) is 5.97 Å². The summed E-state index contributed by atoms with van der Waals surface area (Å²) in [5, 5.41) is 0. The Morgan fingerprint density at radius 1 is 1.73 bits per heavy atom. The van der Waals surface area contributed by atoms with Gasteiger partial charge in [-0.2, -0.15) is 0 Å². The summed E-state index contributed by atoms with van der Waals surface area (Å²) in [6.07, 6.45) is 1.81. The van der Waals surface area contributed by atoms with E-state index in [1.807, 2.05) is 18.0 Å². The van der Waals surface area contributed by atoms with Gasteiger partial charge >= 0.3 is 5.97 Å². The van der Waals surface area contributed by atoms with Crippen molar-refractivity contribution < 1.29 is 9.53 Å². The Morgan fingerprint density at radius 3 is 2.82 bits per heavy atom. The van der Waals surface area contributed by atoms with E-state index in [9.17, 15) is 4.79 Å². The normalized spacial score (nSPS) is 9.73. The predicted molar refractivity (Wildman–Crippen MR) is 44.3 cm³/mol. The number of hydrogen-bond acceptors (Lipinski definition) is 3. The minimum Gasteiger partial charge on any atom is -0.465 e. The van der Waals surface area contributed by atoms with E-state index in [4.69, 9.17) is 4.74 Å². The molecule has 0 radical (unpaired) electrons. The third-order valence-electron chi connectivity index (χ3n) is 1.22. The molecule has 0 fully saturated rings. The van der Waals surface area contributed by atoms with Crippen LogP contribution in [0.1, 0.15) is 6.92 Å². The molecule has 0 bridgehead atoms. The number of esters is 1. The average Bonchev–Trinajstić information content (AvgIpc) is 1.87. The molecule has 3 heteroatoms. The second-order valence-electron chi connectivity index (χ2n) is 2.39. The molecule has 11 heavy (non-hydrogen) atoms. The molecule has 0 aliphatic carbocycles. The first-order valence-corrected chi connectivity index (χ1v) is 3.59. The van der Waals surface area contributed by atoms with Crippen molar-refractivity contribution in [2.45, 2.75) is 6.92 Å². The third kappa shape index (κ3) is 7.06. The first-order chi connectivity index (χ1) is 5.16. The van der Waals surface area contributed by atoms with Crippen LogP contribution in [0.15, 0.2) is 12.7 Å². The lowest BCUT2D eigenvalue weighted by molar-refractivity contribution is -0.141. The Morgan fingerprint density at radius 2 is 2.36 bits per heavy atom. The lowest BCUT2D eigenvalue weighted by atomic mass is 10.5. The van der Waals surface area contributed by atoms with E-state index in [1.165, 1.54) is 6.92 Å². The highest BCUT2D eigenvalue weighted by Crippen LogP contribution is 1.83. The smallest absolute Gasteiger partial charge is 0.302 e. The molecule has 0 amide bonds. The molecule has 0 heterocycles. The molecule has 0 saturated heterocycles. The molecule has 64 valence electrons. The summed E-state index contributed by atoms with van der Waals surface area (Å²) in [6.45, 7) is 7.04. The van der Waals surface area contributed by atoms with Crippen molar-refractivity contribution in [3.05, 3.63) is 12.7 Å². The summed E-state index contributed by atoms with van der Waals surface area (Å²) in [6, 6.07) is 0. The molecule has 0 atom stereocenters. The van der Waals surface area contributed by atoms with Gasteiger partial charge in [0.05, 0.1) is 0 Å². The maximum Gasteiger partial charge on any atom is 0.302 e. The summed E-state index contributed by atoms with van der Waals surface area (Å²) in [5.74, 6) is -0.225. The largest absolute Gasteiger partial charge is 0.465 e. The SMILES string of the molecule is C=CCN(C)CCOC(C)=O. The molecule has 0 unspecified atom stereocenters. The summed E-state index contributed by atoms with van der Waals surface area (Å²) >= 11 is 0. The number of carbonyl (C=O) groups excluding carboxylic acids is 1. The van der Waals surface area contributed by atoms with E-state index in [0.29, 0.717) is 6.61 Å². The molecule has 0 aliphatic rings. The Bertz CT molecular complexity index is 134. The van der Waals surface area contributed by atoms with Crippen LogP contribution in [0.2, 0.25) is 0 Å². The number of hydrogen-bond donors (Lipinski definition) is 0. The van der Waals surface area contributed by atoms with Crippen molar-refractivity contribution in [3.63, 3.8) is 0 Å². The molecule has 0 aromatic carbocycles. The Kier molecular flexibility index (Phi) is 5.47. The zero-order valence-corrected chi connectivity index (χ0v) is 7.17. The maximum atomic E-state index is 10.3. The van der Waals surface area contributed by atoms with Gasteiger partial charge in [-0.25, -0.2) is 0 Å². The molecule has 0 aromatic rings. The lowest BCUT2D eigenvalue weighted by Crippen LogP contribution is -2.23. The molecule has 0 saturated carbocycles. The van der Waals surface area contributed by atoms with Crippen LogP contribution in [-0.2, 0) is 9.53 Å². The van der Waals surface area contributed by atoms with Gasteiger partial charge < -0.3 is 4.74 Å². The van der Waals surface area contributed by atoms with Crippen molar-refractivity contribution in [2.75, 3.05) is 26.7 Å². The summed E-state index contributed by atoms with van der Waals surface area (Å²) in [5.41, 5.74) is 0. The molecular weight excluding hydrogens is 142 g/mol. The van der Waals surface area contributed by atoms with Gasteiger partial charge in [-0.15, -0.1) is 6.58 Å². The second kappa shape index (κ2) is 5.92. The summed E-state index contributed by atoms with van der Waals surface area (Å²) in [7, 11) is 1.95. The molecule has 0 spiro atoms. The van der Waals surface area contributed by atoms with Crippen LogP contribution >= 0.6 is 0 Å². The maximum absolute atomic E-state index is 10.3. The second-order valence-corrected chi connectivity index (χ2v) is 2.39. The summed E-state index contributed by atoms with van der Waals surface area (Å²) in [4.78, 5) is 12.3. The van der Waals surface area contributed by atoms with Crippen LogP contribution in [0.3, 0.4) is 0 Å². The van der Waals surface area contributed by atoms with Crippen molar-refractivity contribution in [1.82, 2.24) is 4.90 Å². The lowest BCUT2D eigenvalue weighted by Gasteiger charge is -2.12. The van der Waals surface area contributed by atoms with Crippen molar-refractivity contribution in [3.8, 4) is 0 Å². The fourth-order valence-electron chi connectivity index (χ4n) is 0.657. The fraction of sp³-hybridized carbons (Fsp3) is 0.625. The van der Waals surface area contributed by atoms with Crippen molar-refractivity contribution in [1.29, 1.82) is 0 Å². The van der Waals surface area contributed by atoms with E-state index in [2.05, 4.69) is 6.58 Å². The molecule has 0 aromatic heterocycles. The quantitative estimate of drug-likeness (QED) is 0.434. The Balaban J connectivity index is 3.23. The van der Waals surface area contributed by atoms with Crippen molar-refractivity contribution >= 4 is 5.97 Å². The highest BCUT2D eigenvalue weighted by Gasteiger charge is 1.96. The number of rotatable bonds is 5. The Labute approximate surface area is 67.6 Å². The number of carbonyl (C=O) groups is 1. The van der Waals surface area contributed by atoms with E-state index in [1.54, 1.807) is 0 Å². The average molecular weight is 157 g/mol. The van der Waals surface area contributed by atoms with Crippen LogP contribution < -0.4 is 0 Å². The minimum absolute atomic E-state index is 0.225. The molecule has 0 aliphatic heterocycles. The molecule has 3 nitrogen and oxygen atoms in total. The molecule has 0 N–H and O–H groups in total. The van der Waals surface area contributed by atoms with Gasteiger partial charge in [0.2, 0.25) is 0 Å². The molecular formula is C8H15NO2. The van der Waals surface area contributed by atoms with Crippen LogP contribution in [0.5, 0.6) is 0 Å². The predicted octanol–water partition coefficient (Wildman–Crippen LogP) is 0.667. The topological polar surface area (TPSA) is 29.5 Å². The monoisotopic (exact) mass is 157 g/mol. The van der Waals surface area contributed by atoms with E-state index >= 15 is 0 Å². The van der Waals surface area contributed by atoms with Crippen LogP contribution in [0.4, 0.5) is 0 Å². The van der Waals surface area contributed by atoms with Crippen LogP contribution in [0, 0.1) is 0 Å². The van der Waals surface area contributed by atoms with Gasteiger partial charge in [0, 0.05) is 20.0 Å². The zero-order valence-electron chi connectivity index (χ0n) is 7.17. The fourth-order valence-corrected chi connectivity index (χ4v) is 0.657. The van der Waals surface area contributed by atoms with Gasteiger partial charge in [0.15, 0.2) is 0 Å². The van der Waals surface area contributed by atoms with Gasteiger partial charge in [0.1, 0.15) is 6.61 Å². The molecule has 0 rings (SSSR count). The van der Waals surface area contributed by atoms with Crippen LogP contribution in [-0.4, -0.2) is 37.6 Å². The Hall–Kier alpha value is -0.830. The number of ether oxygens (including phenoxy) is 1. The van der Waals surface area contributed by atoms with E-state index in [0.717, 1.165) is 13.1 Å². The van der Waals surface area contributed by atoms with Crippen molar-refractivity contribution in [2.24, 2.45) is 0 Å². The summed E-state index contributed by atoms with van der Waals surface area (Å²) < 4.78 is 4.74. The number of likely N-dealkylation sites (N-methyl/N-ethyl adjacent to an activating group) is 1. The number of nitrogens with zero attached hydrogens (tertiary/aromatic N) is 1. The van der Waals surface area contributed by atoms with Crippen LogP contribution in [0.25, 0.3) is 0 Å².